The van der Waals surface area contributed by atoms with Crippen molar-refractivity contribution >= 4 is 34.1 Å². The van der Waals surface area contributed by atoms with E-state index in [0.717, 1.165) is 22.2 Å². The number of halogens is 4. The van der Waals surface area contributed by atoms with Crippen LogP contribution >= 0.6 is 23.2 Å². The Morgan fingerprint density at radius 2 is 1.80 bits per heavy atom. The summed E-state index contributed by atoms with van der Waals surface area (Å²) >= 11 is 12.5. The van der Waals surface area contributed by atoms with Crippen molar-refractivity contribution in [3.63, 3.8) is 0 Å². The van der Waals surface area contributed by atoms with Crippen LogP contribution in [0.3, 0.4) is 0 Å². The largest absolute Gasteiger partial charge is 0.341 e. The summed E-state index contributed by atoms with van der Waals surface area (Å²) in [7, 11) is 0. The third-order valence-electron chi connectivity index (χ3n) is 4.41. The predicted octanol–water partition coefficient (Wildman–Crippen LogP) is 6.23. The van der Waals surface area contributed by atoms with Crippen LogP contribution in [0.4, 0.5) is 8.78 Å². The zero-order valence-electron chi connectivity index (χ0n) is 13.9. The summed E-state index contributed by atoms with van der Waals surface area (Å²) in [5, 5.41) is 1.96. The summed E-state index contributed by atoms with van der Waals surface area (Å²) in [5.74, 6) is -3.50. The van der Waals surface area contributed by atoms with E-state index >= 15 is 0 Å². The van der Waals surface area contributed by atoms with E-state index in [0.29, 0.717) is 16.5 Å². The molecule has 2 heterocycles. The van der Waals surface area contributed by atoms with Crippen molar-refractivity contribution in [1.29, 1.82) is 0 Å². The number of rotatable bonds is 5. The van der Waals surface area contributed by atoms with Crippen molar-refractivity contribution < 1.29 is 8.78 Å². The van der Waals surface area contributed by atoms with Gasteiger partial charge in [0.25, 0.3) is 5.92 Å². The molecule has 0 saturated heterocycles. The molecular weight excluding hydrogens is 365 g/mol. The average molecular weight is 383 g/mol. The molecule has 132 valence electrons. The summed E-state index contributed by atoms with van der Waals surface area (Å²) in [6.45, 7) is 2.70. The monoisotopic (exact) mass is 382 g/mol. The highest BCUT2D eigenvalue weighted by molar-refractivity contribution is 6.36. The summed E-state index contributed by atoms with van der Waals surface area (Å²) in [6, 6.07) is 8.91. The minimum Gasteiger partial charge on any atom is -0.341 e. The van der Waals surface area contributed by atoms with E-state index in [4.69, 9.17) is 23.2 Å². The Kier molecular flexibility index (Phi) is 5.03. The second kappa shape index (κ2) is 6.93. The van der Waals surface area contributed by atoms with Crippen LogP contribution < -0.4 is 0 Å². The molecule has 2 nitrogen and oxygen atoms in total. The molecule has 3 aromatic rings. The lowest BCUT2D eigenvalue weighted by molar-refractivity contribution is -0.0587. The van der Waals surface area contributed by atoms with Crippen molar-refractivity contribution in [3.05, 3.63) is 64.0 Å². The zero-order chi connectivity index (χ0) is 18.2. The smallest absolute Gasteiger partial charge is 0.267 e. The molecular formula is C19H18Cl2F2N2. The summed E-state index contributed by atoms with van der Waals surface area (Å²) in [6.07, 6.45) is 3.76. The molecule has 2 aromatic heterocycles. The molecule has 0 aliphatic carbocycles. The van der Waals surface area contributed by atoms with E-state index < -0.39 is 11.8 Å². The van der Waals surface area contributed by atoms with Crippen molar-refractivity contribution in [2.24, 2.45) is 5.92 Å². The lowest BCUT2D eigenvalue weighted by Crippen LogP contribution is -2.29. The van der Waals surface area contributed by atoms with Crippen molar-refractivity contribution in [3.8, 4) is 0 Å². The number of hydrogen-bond donors (Lipinski definition) is 0. The van der Waals surface area contributed by atoms with Crippen molar-refractivity contribution in [1.82, 2.24) is 9.55 Å². The van der Waals surface area contributed by atoms with E-state index in [2.05, 4.69) is 4.98 Å². The first-order chi connectivity index (χ1) is 11.8. The maximum atomic E-state index is 14.1. The Hall–Kier alpha value is -1.65. The molecule has 3 rings (SSSR count). The van der Waals surface area contributed by atoms with Crippen molar-refractivity contribution in [2.45, 2.75) is 32.7 Å². The van der Waals surface area contributed by atoms with Gasteiger partial charge in [0.1, 0.15) is 0 Å². The van der Waals surface area contributed by atoms with Crippen LogP contribution in [0.25, 0.3) is 10.9 Å². The molecule has 0 spiro atoms. The van der Waals surface area contributed by atoms with Gasteiger partial charge >= 0.3 is 0 Å². The van der Waals surface area contributed by atoms with E-state index in [-0.39, 0.29) is 6.54 Å². The highest BCUT2D eigenvalue weighted by Gasteiger charge is 2.34. The van der Waals surface area contributed by atoms with Gasteiger partial charge in [-0.15, -0.1) is 0 Å². The molecule has 0 N–H and O–H groups in total. The number of benzene rings is 1. The Labute approximate surface area is 155 Å². The molecule has 0 atom stereocenters. The van der Waals surface area contributed by atoms with E-state index in [1.807, 2.05) is 6.07 Å². The van der Waals surface area contributed by atoms with Gasteiger partial charge in [0, 0.05) is 40.2 Å². The van der Waals surface area contributed by atoms with Gasteiger partial charge in [-0.1, -0.05) is 43.1 Å². The fraction of sp³-hybridized carbons (Fsp3) is 0.316. The molecule has 0 aliphatic heterocycles. The Bertz CT molecular complexity index is 883. The Morgan fingerprint density at radius 3 is 2.44 bits per heavy atom. The second-order valence-corrected chi connectivity index (χ2v) is 7.24. The predicted molar refractivity (Wildman–Crippen MR) is 98.8 cm³/mol. The van der Waals surface area contributed by atoms with Gasteiger partial charge in [-0.25, -0.2) is 8.78 Å². The first-order valence-electron chi connectivity index (χ1n) is 8.03. The normalized spacial score (nSPS) is 12.3. The molecule has 0 unspecified atom stereocenters. The summed E-state index contributed by atoms with van der Waals surface area (Å²) in [5.41, 5.74) is 2.28. The highest BCUT2D eigenvalue weighted by atomic mass is 35.5. The first kappa shape index (κ1) is 18.2. The van der Waals surface area contributed by atoms with Crippen LogP contribution in [0.5, 0.6) is 0 Å². The standard InChI is InChI=1S/C19H18Cl2F2N2/c1-12(2)19(22,23)11-25-9-7-13-17(24-8-6-18(13)25)10-14-15(20)4-3-5-16(14)21/h3-9,12H,10-11H2,1-2H3. The number of nitrogens with zero attached hydrogens (tertiary/aromatic N) is 2. The van der Waals surface area contributed by atoms with Crippen LogP contribution in [0, 0.1) is 5.92 Å². The molecule has 0 radical (unpaired) electrons. The maximum Gasteiger partial charge on any atom is 0.267 e. The number of pyridine rings is 1. The molecule has 1 aromatic carbocycles. The van der Waals surface area contributed by atoms with Crippen LogP contribution in [0.2, 0.25) is 10.0 Å². The lowest BCUT2D eigenvalue weighted by atomic mass is 10.1. The third kappa shape index (κ3) is 3.65. The quantitative estimate of drug-likeness (QED) is 0.511. The van der Waals surface area contributed by atoms with E-state index in [9.17, 15) is 8.78 Å². The molecule has 0 bridgehead atoms. The van der Waals surface area contributed by atoms with Gasteiger partial charge in [0.15, 0.2) is 0 Å². The molecule has 0 aliphatic rings. The fourth-order valence-corrected chi connectivity index (χ4v) is 3.27. The molecule has 0 amide bonds. The minimum absolute atomic E-state index is 0.357. The van der Waals surface area contributed by atoms with Crippen molar-refractivity contribution in [2.75, 3.05) is 0 Å². The van der Waals surface area contributed by atoms with E-state index in [1.54, 1.807) is 41.2 Å². The fourth-order valence-electron chi connectivity index (χ4n) is 2.74. The highest BCUT2D eigenvalue weighted by Crippen LogP contribution is 2.31. The van der Waals surface area contributed by atoms with Gasteiger partial charge in [-0.2, -0.15) is 0 Å². The number of fused-ring (bicyclic) bond motifs is 1. The Balaban J connectivity index is 1.99. The van der Waals surface area contributed by atoms with Gasteiger partial charge < -0.3 is 4.57 Å². The van der Waals surface area contributed by atoms with Gasteiger partial charge in [-0.05, 0) is 29.8 Å². The third-order valence-corrected chi connectivity index (χ3v) is 5.12. The van der Waals surface area contributed by atoms with Crippen LogP contribution in [0.15, 0.2) is 42.7 Å². The zero-order valence-corrected chi connectivity index (χ0v) is 15.5. The number of alkyl halides is 2. The van der Waals surface area contributed by atoms with E-state index in [1.165, 1.54) is 13.8 Å². The molecule has 6 heteroatoms. The summed E-state index contributed by atoms with van der Waals surface area (Å²) in [4.78, 5) is 4.41. The van der Waals surface area contributed by atoms with Crippen LogP contribution in [-0.4, -0.2) is 15.5 Å². The number of aromatic nitrogens is 2. The number of hydrogen-bond acceptors (Lipinski definition) is 1. The first-order valence-corrected chi connectivity index (χ1v) is 8.78. The average Bonchev–Trinajstić information content (AvgIpc) is 2.94. The maximum absolute atomic E-state index is 14.1. The van der Waals surface area contributed by atoms with Crippen LogP contribution in [-0.2, 0) is 13.0 Å². The minimum atomic E-state index is -2.78. The molecule has 25 heavy (non-hydrogen) atoms. The Morgan fingerprint density at radius 1 is 1.12 bits per heavy atom. The van der Waals surface area contributed by atoms with Crippen LogP contribution in [0.1, 0.15) is 25.1 Å². The molecule has 0 fully saturated rings. The summed E-state index contributed by atoms with van der Waals surface area (Å²) < 4.78 is 29.8. The SMILES string of the molecule is CC(C)C(F)(F)Cn1ccc2c(Cc3c(Cl)cccc3Cl)nccc21. The lowest BCUT2D eigenvalue weighted by Gasteiger charge is -2.21. The molecule has 0 saturated carbocycles. The topological polar surface area (TPSA) is 17.8 Å². The van der Waals surface area contributed by atoms with Gasteiger partial charge in [-0.3, -0.25) is 4.98 Å². The van der Waals surface area contributed by atoms with Gasteiger partial charge in [0.2, 0.25) is 0 Å². The van der Waals surface area contributed by atoms with Gasteiger partial charge in [0.05, 0.1) is 17.8 Å². The second-order valence-electron chi connectivity index (χ2n) is 6.43.